The summed E-state index contributed by atoms with van der Waals surface area (Å²) in [6.07, 6.45) is 8.19. The maximum absolute atomic E-state index is 13.7. The van der Waals surface area contributed by atoms with E-state index in [1.165, 1.54) is 24.7 Å². The number of esters is 1. The van der Waals surface area contributed by atoms with Crippen molar-refractivity contribution in [1.29, 1.82) is 0 Å². The molecule has 0 atom stereocenters. The van der Waals surface area contributed by atoms with E-state index in [-0.39, 0.29) is 30.0 Å². The van der Waals surface area contributed by atoms with Crippen LogP contribution in [0.3, 0.4) is 0 Å². The molecule has 4 rings (SSSR count). The van der Waals surface area contributed by atoms with E-state index in [1.54, 1.807) is 44.4 Å². The van der Waals surface area contributed by atoms with E-state index in [2.05, 4.69) is 40.9 Å². The van der Waals surface area contributed by atoms with Crippen molar-refractivity contribution in [3.8, 4) is 11.1 Å². The second-order valence-corrected chi connectivity index (χ2v) is 9.63. The molecule has 1 amide bonds. The Morgan fingerprint density at radius 3 is 2.62 bits per heavy atom. The maximum atomic E-state index is 13.7. The van der Waals surface area contributed by atoms with Crippen LogP contribution in [0.4, 0.5) is 21.8 Å². The number of benzene rings is 1. The van der Waals surface area contributed by atoms with Crippen LogP contribution in [0.2, 0.25) is 0 Å². The van der Waals surface area contributed by atoms with E-state index in [1.807, 2.05) is 22.6 Å². The van der Waals surface area contributed by atoms with Crippen molar-refractivity contribution in [3.05, 3.63) is 81.6 Å². The smallest absolute Gasteiger partial charge is 0.339 e. The third-order valence-corrected chi connectivity index (χ3v) is 6.30. The fraction of sp³-hybridized carbons (Fsp3) is 0.222. The second-order valence-electron chi connectivity index (χ2n) is 8.47. The molecule has 206 valence electrons. The van der Waals surface area contributed by atoms with Crippen molar-refractivity contribution < 1.29 is 18.7 Å². The quantitative estimate of drug-likeness (QED) is 0.120. The largest absolute Gasteiger partial charge is 0.462 e. The van der Waals surface area contributed by atoms with Gasteiger partial charge in [-0.3, -0.25) is 14.8 Å². The average molecular weight is 656 g/mol. The number of aryl methyl sites for hydroxylation is 1. The summed E-state index contributed by atoms with van der Waals surface area (Å²) in [5.41, 5.74) is 3.12. The van der Waals surface area contributed by atoms with E-state index in [0.29, 0.717) is 51.3 Å². The van der Waals surface area contributed by atoms with E-state index in [4.69, 9.17) is 4.74 Å². The van der Waals surface area contributed by atoms with Gasteiger partial charge in [0.05, 0.1) is 27.6 Å². The first-order chi connectivity index (χ1) is 19.3. The van der Waals surface area contributed by atoms with Gasteiger partial charge in [-0.15, -0.1) is 0 Å². The van der Waals surface area contributed by atoms with Gasteiger partial charge in [-0.05, 0) is 67.1 Å². The van der Waals surface area contributed by atoms with Crippen molar-refractivity contribution in [1.82, 2.24) is 30.2 Å². The molecule has 3 heterocycles. The summed E-state index contributed by atoms with van der Waals surface area (Å²) in [7, 11) is 0. The van der Waals surface area contributed by atoms with Gasteiger partial charge >= 0.3 is 5.97 Å². The number of aromatic nitrogens is 5. The SMILES string of the molecule is CCOC(=O)c1cncc(-c2cnc(Nc3ccc(F)c(I)c3)nc2NCCCNC(=O)c2cnc(C)cn2)c1. The minimum Gasteiger partial charge on any atom is -0.462 e. The number of nitrogens with zero attached hydrogens (tertiary/aromatic N) is 5. The lowest BCUT2D eigenvalue weighted by atomic mass is 10.1. The van der Waals surface area contributed by atoms with Gasteiger partial charge in [0.25, 0.3) is 5.91 Å². The predicted molar refractivity (Wildman–Crippen MR) is 156 cm³/mol. The summed E-state index contributed by atoms with van der Waals surface area (Å²) >= 11 is 1.91. The zero-order valence-electron chi connectivity index (χ0n) is 21.7. The van der Waals surface area contributed by atoms with Gasteiger partial charge in [0.2, 0.25) is 5.95 Å². The number of hydrogen-bond acceptors (Lipinski definition) is 10. The Morgan fingerprint density at radius 1 is 1.02 bits per heavy atom. The standard InChI is InChI=1S/C27H26FIN8O3/c1-3-40-26(39)18-9-17(12-30-13-18)20-14-35-27(36-19-5-6-21(28)22(29)10-19)37-24(20)31-7-4-8-32-25(38)23-15-33-16(2)11-34-23/h5-6,9-15H,3-4,7-8H2,1-2H3,(H,32,38)(H2,31,35,36,37). The fourth-order valence-corrected chi connectivity index (χ4v) is 4.02. The van der Waals surface area contributed by atoms with Crippen LogP contribution in [0.1, 0.15) is 39.9 Å². The van der Waals surface area contributed by atoms with Gasteiger partial charge in [-0.1, -0.05) is 0 Å². The molecule has 0 aliphatic rings. The Kier molecular flexibility index (Phi) is 9.83. The summed E-state index contributed by atoms with van der Waals surface area (Å²) in [5.74, 6) is -0.342. The highest BCUT2D eigenvalue weighted by Crippen LogP contribution is 2.28. The average Bonchev–Trinajstić information content (AvgIpc) is 2.95. The molecule has 0 aliphatic carbocycles. The van der Waals surface area contributed by atoms with Gasteiger partial charge in [-0.2, -0.15) is 4.98 Å². The van der Waals surface area contributed by atoms with Crippen LogP contribution in [-0.2, 0) is 4.74 Å². The number of rotatable bonds is 11. The van der Waals surface area contributed by atoms with Gasteiger partial charge in [-0.25, -0.2) is 19.2 Å². The molecule has 0 saturated carbocycles. The molecule has 0 unspecified atom stereocenters. The Morgan fingerprint density at radius 2 is 1.88 bits per heavy atom. The number of hydrogen-bond donors (Lipinski definition) is 3. The molecule has 0 spiro atoms. The zero-order valence-corrected chi connectivity index (χ0v) is 23.9. The van der Waals surface area contributed by atoms with Crippen LogP contribution in [0.5, 0.6) is 0 Å². The lowest BCUT2D eigenvalue weighted by molar-refractivity contribution is 0.0525. The fourth-order valence-electron chi connectivity index (χ4n) is 3.50. The Labute approximate surface area is 243 Å². The normalized spacial score (nSPS) is 10.6. The molecule has 0 bridgehead atoms. The topological polar surface area (TPSA) is 144 Å². The maximum Gasteiger partial charge on any atom is 0.339 e. The first-order valence-electron chi connectivity index (χ1n) is 12.4. The molecule has 1 aromatic carbocycles. The number of anilines is 3. The molecular formula is C27H26FIN8O3. The molecule has 0 aliphatic heterocycles. The van der Waals surface area contributed by atoms with Crippen LogP contribution >= 0.6 is 22.6 Å². The molecule has 11 nitrogen and oxygen atoms in total. The number of pyridine rings is 1. The number of amides is 1. The summed E-state index contributed by atoms with van der Waals surface area (Å²) < 4.78 is 19.2. The summed E-state index contributed by atoms with van der Waals surface area (Å²) in [6, 6.07) is 6.26. The molecule has 4 aromatic rings. The highest BCUT2D eigenvalue weighted by Gasteiger charge is 2.14. The minimum absolute atomic E-state index is 0.245. The highest BCUT2D eigenvalue weighted by molar-refractivity contribution is 14.1. The summed E-state index contributed by atoms with van der Waals surface area (Å²) in [6.45, 7) is 4.62. The lowest BCUT2D eigenvalue weighted by Crippen LogP contribution is -2.27. The monoisotopic (exact) mass is 656 g/mol. The van der Waals surface area contributed by atoms with Gasteiger partial charge in [0.15, 0.2) is 0 Å². The Hall–Kier alpha value is -4.27. The van der Waals surface area contributed by atoms with Crippen LogP contribution in [0.15, 0.2) is 55.2 Å². The lowest BCUT2D eigenvalue weighted by Gasteiger charge is -2.14. The molecule has 0 radical (unpaired) electrons. The van der Waals surface area contributed by atoms with Gasteiger partial charge < -0.3 is 20.7 Å². The predicted octanol–water partition coefficient (Wildman–Crippen LogP) is 4.53. The Bertz CT molecular complexity index is 1500. The highest BCUT2D eigenvalue weighted by atomic mass is 127. The summed E-state index contributed by atoms with van der Waals surface area (Å²) in [5, 5.41) is 9.18. The molecule has 0 fully saturated rings. The van der Waals surface area contributed by atoms with Crippen LogP contribution in [0.25, 0.3) is 11.1 Å². The molecule has 3 N–H and O–H groups in total. The van der Waals surface area contributed by atoms with Gasteiger partial charge in [0.1, 0.15) is 17.3 Å². The van der Waals surface area contributed by atoms with Crippen molar-refractivity contribution in [2.24, 2.45) is 0 Å². The van der Waals surface area contributed by atoms with Crippen LogP contribution in [0, 0.1) is 16.3 Å². The first-order valence-corrected chi connectivity index (χ1v) is 13.4. The molecular weight excluding hydrogens is 630 g/mol. The van der Waals surface area contributed by atoms with E-state index in [9.17, 15) is 14.0 Å². The van der Waals surface area contributed by atoms with Crippen molar-refractivity contribution >= 4 is 51.9 Å². The number of halogens is 2. The second kappa shape index (κ2) is 13.7. The van der Waals surface area contributed by atoms with Crippen molar-refractivity contribution in [3.63, 3.8) is 0 Å². The van der Waals surface area contributed by atoms with E-state index in [0.717, 1.165) is 5.69 Å². The molecule has 13 heteroatoms. The number of carbonyl (C=O) groups is 2. The van der Waals surface area contributed by atoms with Crippen molar-refractivity contribution in [2.75, 3.05) is 30.3 Å². The first kappa shape index (κ1) is 28.7. The van der Waals surface area contributed by atoms with Crippen molar-refractivity contribution in [2.45, 2.75) is 20.3 Å². The Balaban J connectivity index is 1.50. The third-order valence-electron chi connectivity index (χ3n) is 5.47. The number of nitrogens with one attached hydrogen (secondary N) is 3. The van der Waals surface area contributed by atoms with Gasteiger partial charge in [0, 0.05) is 54.7 Å². The van der Waals surface area contributed by atoms with E-state index < -0.39 is 5.97 Å². The third kappa shape index (κ3) is 7.65. The summed E-state index contributed by atoms with van der Waals surface area (Å²) in [4.78, 5) is 45.9. The molecule has 40 heavy (non-hydrogen) atoms. The molecule has 0 saturated heterocycles. The zero-order chi connectivity index (χ0) is 28.5. The van der Waals surface area contributed by atoms with Crippen LogP contribution < -0.4 is 16.0 Å². The number of carbonyl (C=O) groups excluding carboxylic acids is 2. The van der Waals surface area contributed by atoms with Crippen LogP contribution in [-0.4, -0.2) is 56.5 Å². The van der Waals surface area contributed by atoms with E-state index >= 15 is 0 Å². The molecule has 3 aromatic heterocycles. The minimum atomic E-state index is -0.481. The number of ether oxygens (including phenoxy) is 1.